The number of hydrogen-bond donors (Lipinski definition) is 3. The van der Waals surface area contributed by atoms with E-state index in [1.54, 1.807) is 45.0 Å². The molecule has 3 aromatic carbocycles. The average molecular weight is 952 g/mol. The van der Waals surface area contributed by atoms with E-state index in [0.29, 0.717) is 19.3 Å². The quantitative estimate of drug-likeness (QED) is 0.0624. The molecule has 0 unspecified atom stereocenters. The molecule has 3 N–H and O–H groups in total. The summed E-state index contributed by atoms with van der Waals surface area (Å²) in [7, 11) is 1.58. The molecule has 4 aliphatic rings. The van der Waals surface area contributed by atoms with Crippen molar-refractivity contribution in [2.45, 2.75) is 179 Å². The van der Waals surface area contributed by atoms with Crippen molar-refractivity contribution in [2.24, 2.45) is 5.41 Å². The predicted octanol–water partition coefficient (Wildman–Crippen LogP) is 7.76. The first kappa shape index (κ1) is 51.7. The number of hydrogen-bond acceptors (Lipinski definition) is 12. The molecular weight excluding hydrogens is 879 g/mol. The van der Waals surface area contributed by atoms with Crippen LogP contribution in [0.2, 0.25) is 0 Å². The second-order valence-electron chi connectivity index (χ2n) is 20.3. The number of carbonyl (C=O) groups is 4. The van der Waals surface area contributed by atoms with Crippen LogP contribution in [0.4, 0.5) is 0 Å². The Bertz CT molecular complexity index is 2250. The molecule has 14 heteroatoms. The topological polar surface area (TPSA) is 173 Å². The number of fused-ring (bicyclic) bond motifs is 4. The number of benzene rings is 3. The minimum absolute atomic E-state index is 0.0372. The molecule has 3 aliphatic heterocycles. The van der Waals surface area contributed by atoms with Crippen LogP contribution in [-0.2, 0) is 62.3 Å². The maximum atomic E-state index is 16.0. The Kier molecular flexibility index (Phi) is 17.1. The molecular formula is C55H73N3O11. The number of rotatable bonds is 23. The van der Waals surface area contributed by atoms with E-state index in [1.807, 2.05) is 78.9 Å². The van der Waals surface area contributed by atoms with E-state index in [4.69, 9.17) is 23.8 Å². The van der Waals surface area contributed by atoms with E-state index >= 15 is 4.79 Å². The molecule has 0 radical (unpaired) electrons. The Morgan fingerprint density at radius 3 is 2.29 bits per heavy atom. The number of esters is 2. The molecule has 3 heterocycles. The van der Waals surface area contributed by atoms with Crippen LogP contribution in [-0.4, -0.2) is 112 Å². The number of para-hydroxylation sites is 1. The van der Waals surface area contributed by atoms with Crippen LogP contribution < -0.4 is 5.32 Å². The van der Waals surface area contributed by atoms with Crippen LogP contribution in [0.25, 0.3) is 6.08 Å². The van der Waals surface area contributed by atoms with Gasteiger partial charge in [-0.3, -0.25) is 24.0 Å². The molecule has 0 spiro atoms. The molecule has 374 valence electrons. The highest BCUT2D eigenvalue weighted by molar-refractivity contribution is 5.96. The summed E-state index contributed by atoms with van der Waals surface area (Å²) in [5, 5.41) is 25.2. The van der Waals surface area contributed by atoms with Gasteiger partial charge in [-0.1, -0.05) is 124 Å². The minimum Gasteiger partial charge on any atom is -0.508 e. The Balaban J connectivity index is 1.23. The third kappa shape index (κ3) is 12.1. The molecule has 1 saturated carbocycles. The number of phenolic OH excluding ortho intramolecular Hbond substituents is 1. The second kappa shape index (κ2) is 22.7. The fraction of sp³-hybridized carbons (Fsp3) is 0.564. The zero-order valence-electron chi connectivity index (χ0n) is 41.3. The van der Waals surface area contributed by atoms with E-state index in [9.17, 15) is 24.6 Å². The standard InChI is InChI=1S/C55H73N3O11/c1-7-9-16-30-54(31-17-10-8-2)67-46-44-34-55(52(64)57(6)42(33-38-20-12-11-13-21-38)50(62)56-41(36-59)28-29-45(61)66-53(3,4)5)48(51(63)65-44)58(69-49(55)47(46)68-54)35-39-24-18-22-37(32-39)23-19-26-40-25-14-15-27-43(40)60/h11-15,18-25,27,32,41-42,44,46-49,59-60H,7-10,16-17,26,28-31,33-36H2,1-6H3,(H,56,62)/t41-,42+,44+,46-,47-,48-,49+,55-/m0/s1. The number of nitrogens with one attached hydrogen (secondary N) is 1. The second-order valence-corrected chi connectivity index (χ2v) is 20.3. The summed E-state index contributed by atoms with van der Waals surface area (Å²) in [5.41, 5.74) is 1.06. The minimum atomic E-state index is -1.56. The first-order valence-electron chi connectivity index (χ1n) is 25.1. The molecule has 3 saturated heterocycles. The van der Waals surface area contributed by atoms with Gasteiger partial charge in [0, 0.05) is 39.2 Å². The van der Waals surface area contributed by atoms with E-state index < -0.39 is 89.7 Å². The average Bonchev–Trinajstić information content (AvgIpc) is 3.88. The van der Waals surface area contributed by atoms with Crippen molar-refractivity contribution < 1.29 is 53.2 Å². The SMILES string of the molecule is CCCCCC1(CCCCC)O[C@@H]2[C@H](O1)[C@H]1ON(Cc3cccc(C=CCc4ccccc4O)c3)[C@H]3C(=O)O[C@@H]2C[C@@]13C(=O)N(C)[C@H](Cc1ccccc1)C(=O)N[C@H](CO)CCC(=O)OC(C)(C)C. The van der Waals surface area contributed by atoms with Crippen molar-refractivity contribution in [3.05, 3.63) is 107 Å². The van der Waals surface area contributed by atoms with Gasteiger partial charge in [0.1, 0.15) is 47.2 Å². The van der Waals surface area contributed by atoms with Gasteiger partial charge >= 0.3 is 11.9 Å². The summed E-state index contributed by atoms with van der Waals surface area (Å²) >= 11 is 0. The molecule has 1 aliphatic carbocycles. The van der Waals surface area contributed by atoms with E-state index in [2.05, 4.69) is 19.2 Å². The molecule has 3 aromatic rings. The van der Waals surface area contributed by atoms with Crippen LogP contribution in [0.5, 0.6) is 5.75 Å². The van der Waals surface area contributed by atoms with Crippen LogP contribution >= 0.6 is 0 Å². The van der Waals surface area contributed by atoms with Gasteiger partial charge in [-0.25, -0.2) is 0 Å². The number of likely N-dealkylation sites (N-methyl/N-ethyl adjacent to an activating group) is 1. The van der Waals surface area contributed by atoms with Crippen molar-refractivity contribution in [3.8, 4) is 5.75 Å². The van der Waals surface area contributed by atoms with E-state index in [-0.39, 0.29) is 38.0 Å². The van der Waals surface area contributed by atoms with Gasteiger partial charge < -0.3 is 39.4 Å². The number of hydroxylamine groups is 2. The molecule has 14 nitrogen and oxygen atoms in total. The molecule has 2 bridgehead atoms. The molecule has 2 amide bonds. The summed E-state index contributed by atoms with van der Waals surface area (Å²) in [6.45, 7) is 9.30. The zero-order valence-corrected chi connectivity index (χ0v) is 41.3. The number of ether oxygens (including phenoxy) is 4. The Morgan fingerprint density at radius 1 is 0.928 bits per heavy atom. The first-order chi connectivity index (χ1) is 33.1. The smallest absolute Gasteiger partial charge is 0.327 e. The lowest BCUT2D eigenvalue weighted by Crippen LogP contribution is -2.70. The summed E-state index contributed by atoms with van der Waals surface area (Å²) in [6.07, 6.45) is 8.54. The van der Waals surface area contributed by atoms with Crippen molar-refractivity contribution in [2.75, 3.05) is 13.7 Å². The number of amides is 2. The van der Waals surface area contributed by atoms with Crippen molar-refractivity contribution in [3.63, 3.8) is 0 Å². The number of nitrogens with zero attached hydrogens (tertiary/aromatic N) is 2. The summed E-state index contributed by atoms with van der Waals surface area (Å²) in [5.74, 6) is -2.79. The lowest BCUT2D eigenvalue weighted by molar-refractivity contribution is -0.225. The number of aliphatic hydroxyl groups is 1. The normalized spacial score (nSPS) is 24.6. The van der Waals surface area contributed by atoms with Gasteiger partial charge in [0.2, 0.25) is 11.8 Å². The number of aliphatic hydroxyl groups excluding tert-OH is 1. The summed E-state index contributed by atoms with van der Waals surface area (Å²) in [6, 6.07) is 21.3. The highest BCUT2D eigenvalue weighted by Gasteiger charge is 2.76. The molecule has 7 rings (SSSR count). The summed E-state index contributed by atoms with van der Waals surface area (Å²) < 4.78 is 25.9. The van der Waals surface area contributed by atoms with Gasteiger partial charge in [-0.15, -0.1) is 0 Å². The number of phenols is 1. The van der Waals surface area contributed by atoms with Crippen LogP contribution in [0.3, 0.4) is 0 Å². The van der Waals surface area contributed by atoms with Crippen molar-refractivity contribution >= 4 is 29.8 Å². The maximum Gasteiger partial charge on any atom is 0.327 e. The maximum absolute atomic E-state index is 16.0. The molecule has 8 atom stereocenters. The predicted molar refractivity (Wildman–Crippen MR) is 260 cm³/mol. The van der Waals surface area contributed by atoms with Crippen LogP contribution in [0.1, 0.15) is 128 Å². The van der Waals surface area contributed by atoms with Gasteiger partial charge in [-0.05, 0) is 74.8 Å². The molecule has 0 aromatic heterocycles. The molecule has 4 fully saturated rings. The van der Waals surface area contributed by atoms with Crippen LogP contribution in [0, 0.1) is 5.41 Å². The largest absolute Gasteiger partial charge is 0.508 e. The van der Waals surface area contributed by atoms with E-state index in [0.717, 1.165) is 60.8 Å². The number of unbranched alkanes of at least 4 members (excludes halogenated alkanes) is 4. The first-order valence-corrected chi connectivity index (χ1v) is 25.1. The third-order valence-electron chi connectivity index (χ3n) is 13.9. The van der Waals surface area contributed by atoms with Gasteiger partial charge in [-0.2, -0.15) is 5.06 Å². The fourth-order valence-corrected chi connectivity index (χ4v) is 10.6. The number of allylic oxidation sites excluding steroid dienone is 1. The highest BCUT2D eigenvalue weighted by atomic mass is 16.8. The fourth-order valence-electron chi connectivity index (χ4n) is 10.6. The number of aromatic hydroxyl groups is 1. The lowest BCUT2D eigenvalue weighted by atomic mass is 9.62. The summed E-state index contributed by atoms with van der Waals surface area (Å²) in [4.78, 5) is 66.4. The lowest BCUT2D eigenvalue weighted by Gasteiger charge is -2.50. The van der Waals surface area contributed by atoms with Crippen molar-refractivity contribution in [1.29, 1.82) is 0 Å². The Hall–Kier alpha value is -5.12. The Labute approximate surface area is 407 Å². The van der Waals surface area contributed by atoms with Gasteiger partial charge in [0.05, 0.1) is 19.2 Å². The van der Waals surface area contributed by atoms with Gasteiger partial charge in [0.15, 0.2) is 11.8 Å². The Morgan fingerprint density at radius 2 is 1.61 bits per heavy atom. The van der Waals surface area contributed by atoms with Crippen LogP contribution in [0.15, 0.2) is 84.9 Å². The van der Waals surface area contributed by atoms with E-state index in [1.165, 1.54) is 4.90 Å². The zero-order chi connectivity index (χ0) is 49.3. The number of carbonyl (C=O) groups excluding carboxylic acids is 4. The molecule has 69 heavy (non-hydrogen) atoms. The van der Waals surface area contributed by atoms with Crippen molar-refractivity contribution in [1.82, 2.24) is 15.3 Å². The van der Waals surface area contributed by atoms with Gasteiger partial charge in [0.25, 0.3) is 0 Å². The highest BCUT2D eigenvalue weighted by Crippen LogP contribution is 2.58. The third-order valence-corrected chi connectivity index (χ3v) is 13.9. The monoisotopic (exact) mass is 952 g/mol.